The van der Waals surface area contributed by atoms with Gasteiger partial charge in [0.25, 0.3) is 5.95 Å². The maximum atomic E-state index is 12.6. The first-order chi connectivity index (χ1) is 5.79. The van der Waals surface area contributed by atoms with Gasteiger partial charge in [0.15, 0.2) is 0 Å². The molecule has 0 aliphatic rings. The van der Waals surface area contributed by atoms with E-state index in [9.17, 15) is 9.18 Å². The Labute approximate surface area is 71.5 Å². The predicted molar refractivity (Wildman–Crippen MR) is 45.8 cm³/mol. The van der Waals surface area contributed by atoms with Crippen LogP contribution in [-0.4, -0.2) is 4.37 Å². The lowest BCUT2D eigenvalue weighted by atomic mass is 10.2. The lowest BCUT2D eigenvalue weighted by Crippen LogP contribution is -2.06. The molecule has 1 aromatic heterocycles. The minimum Gasteiger partial charge on any atom is -0.284 e. The number of halogens is 1. The van der Waals surface area contributed by atoms with Gasteiger partial charge in [-0.25, -0.2) is 0 Å². The lowest BCUT2D eigenvalue weighted by Gasteiger charge is -1.91. The Morgan fingerprint density at radius 1 is 1.33 bits per heavy atom. The van der Waals surface area contributed by atoms with E-state index < -0.39 is 11.4 Å². The summed E-state index contributed by atoms with van der Waals surface area (Å²) in [7, 11) is 0. The number of hydrogen-bond donors (Lipinski definition) is 0. The molecule has 1 aromatic carbocycles. The van der Waals surface area contributed by atoms with Crippen molar-refractivity contribution < 1.29 is 4.39 Å². The molecule has 1 heterocycles. The molecular weight excluding hydrogens is 177 g/mol. The molecule has 2 nitrogen and oxygen atoms in total. The summed E-state index contributed by atoms with van der Waals surface area (Å²) in [6.07, 6.45) is 0. The summed E-state index contributed by atoms with van der Waals surface area (Å²) in [6.45, 7) is 0. The van der Waals surface area contributed by atoms with Crippen molar-refractivity contribution in [3.63, 3.8) is 0 Å². The molecule has 0 spiro atoms. The summed E-state index contributed by atoms with van der Waals surface area (Å²) in [5, 5.41) is 0.398. The molecule has 2 aromatic rings. The molecule has 0 aliphatic carbocycles. The summed E-state index contributed by atoms with van der Waals surface area (Å²) in [4.78, 5) is 11.1. The monoisotopic (exact) mass is 181 g/mol. The van der Waals surface area contributed by atoms with Gasteiger partial charge >= 0.3 is 0 Å². The minimum atomic E-state index is -0.918. The number of rotatable bonds is 0. The number of aromatic nitrogens is 1. The van der Waals surface area contributed by atoms with Crippen LogP contribution in [0.25, 0.3) is 10.1 Å². The topological polar surface area (TPSA) is 30.0 Å². The highest BCUT2D eigenvalue weighted by atomic mass is 32.1. The Hall–Kier alpha value is -1.29. The van der Waals surface area contributed by atoms with Crippen LogP contribution in [0.1, 0.15) is 0 Å². The Bertz CT molecular complexity index is 480. The number of nitrogens with zero attached hydrogens (tertiary/aromatic N) is 1. The van der Waals surface area contributed by atoms with Gasteiger partial charge in [0.1, 0.15) is 0 Å². The van der Waals surface area contributed by atoms with Crippen molar-refractivity contribution in [3.05, 3.63) is 40.4 Å². The van der Waals surface area contributed by atoms with Crippen molar-refractivity contribution in [2.75, 3.05) is 0 Å². The molecule has 0 atom stereocenters. The standard InChI is InChI=1S/C8H4FNOS/c9-8-7(11)5-3-1-2-4-6(5)12-10-8/h1-4H. The van der Waals surface area contributed by atoms with Crippen LogP contribution in [0.15, 0.2) is 29.1 Å². The molecule has 0 saturated carbocycles. The molecular formula is C8H4FNOS. The fraction of sp³-hybridized carbons (Fsp3) is 0. The van der Waals surface area contributed by atoms with Crippen LogP contribution in [0.4, 0.5) is 4.39 Å². The van der Waals surface area contributed by atoms with E-state index in [1.54, 1.807) is 24.3 Å². The SMILES string of the molecule is O=c1c(F)nsc2ccccc12. The van der Waals surface area contributed by atoms with Gasteiger partial charge in [0, 0.05) is 5.39 Å². The van der Waals surface area contributed by atoms with E-state index in [1.165, 1.54) is 0 Å². The van der Waals surface area contributed by atoms with E-state index in [4.69, 9.17) is 0 Å². The Balaban J connectivity index is 3.01. The second-order valence-electron chi connectivity index (χ2n) is 2.30. The third-order valence-electron chi connectivity index (χ3n) is 1.54. The predicted octanol–water partition coefficient (Wildman–Crippen LogP) is 1.80. The zero-order chi connectivity index (χ0) is 8.55. The Kier molecular flexibility index (Phi) is 1.62. The molecule has 0 bridgehead atoms. The second-order valence-corrected chi connectivity index (χ2v) is 3.10. The summed E-state index contributed by atoms with van der Waals surface area (Å²) >= 11 is 0.993. The van der Waals surface area contributed by atoms with Gasteiger partial charge in [-0.15, -0.1) is 0 Å². The third kappa shape index (κ3) is 1.00. The quantitative estimate of drug-likeness (QED) is 0.620. The third-order valence-corrected chi connectivity index (χ3v) is 2.35. The maximum Gasteiger partial charge on any atom is 0.271 e. The van der Waals surface area contributed by atoms with Crippen LogP contribution >= 0.6 is 11.5 Å². The summed E-state index contributed by atoms with van der Waals surface area (Å²) < 4.78 is 16.7. The van der Waals surface area contributed by atoms with E-state index in [0.29, 0.717) is 10.1 Å². The fourth-order valence-electron chi connectivity index (χ4n) is 0.976. The summed E-state index contributed by atoms with van der Waals surface area (Å²) in [6, 6.07) is 6.83. The maximum absolute atomic E-state index is 12.6. The van der Waals surface area contributed by atoms with Crippen LogP contribution in [0.3, 0.4) is 0 Å². The van der Waals surface area contributed by atoms with Crippen molar-refractivity contribution in [2.24, 2.45) is 0 Å². The highest BCUT2D eigenvalue weighted by Crippen LogP contribution is 2.12. The van der Waals surface area contributed by atoms with Crippen molar-refractivity contribution in [1.29, 1.82) is 0 Å². The first kappa shape index (κ1) is 7.36. The first-order valence-electron chi connectivity index (χ1n) is 3.33. The van der Waals surface area contributed by atoms with Gasteiger partial charge in [-0.2, -0.15) is 8.76 Å². The highest BCUT2D eigenvalue weighted by Gasteiger charge is 2.03. The minimum absolute atomic E-state index is 0.398. The van der Waals surface area contributed by atoms with Crippen LogP contribution < -0.4 is 5.43 Å². The average Bonchev–Trinajstić information content (AvgIpc) is 2.12. The normalized spacial score (nSPS) is 10.4. The smallest absolute Gasteiger partial charge is 0.271 e. The van der Waals surface area contributed by atoms with Crippen LogP contribution in [0.5, 0.6) is 0 Å². The molecule has 0 N–H and O–H groups in total. The first-order valence-corrected chi connectivity index (χ1v) is 4.10. The van der Waals surface area contributed by atoms with Gasteiger partial charge in [-0.1, -0.05) is 12.1 Å². The van der Waals surface area contributed by atoms with Crippen LogP contribution in [-0.2, 0) is 0 Å². The van der Waals surface area contributed by atoms with Gasteiger partial charge in [-0.05, 0) is 23.7 Å². The van der Waals surface area contributed by atoms with E-state index in [1.807, 2.05) is 0 Å². The number of hydrogen-bond acceptors (Lipinski definition) is 3. The van der Waals surface area contributed by atoms with Gasteiger partial charge in [-0.3, -0.25) is 4.79 Å². The number of benzene rings is 1. The van der Waals surface area contributed by atoms with Crippen molar-refractivity contribution in [2.45, 2.75) is 0 Å². The molecule has 0 saturated heterocycles. The number of fused-ring (bicyclic) bond motifs is 1. The zero-order valence-electron chi connectivity index (χ0n) is 5.95. The molecule has 0 unspecified atom stereocenters. The molecule has 4 heteroatoms. The highest BCUT2D eigenvalue weighted by molar-refractivity contribution is 7.12. The van der Waals surface area contributed by atoms with E-state index in [0.717, 1.165) is 11.5 Å². The van der Waals surface area contributed by atoms with Crippen molar-refractivity contribution >= 4 is 21.6 Å². The summed E-state index contributed by atoms with van der Waals surface area (Å²) in [5.41, 5.74) is -0.621. The molecule has 0 aliphatic heterocycles. The fourth-order valence-corrected chi connectivity index (χ4v) is 1.64. The molecule has 60 valence electrons. The van der Waals surface area contributed by atoms with E-state index in [2.05, 4.69) is 4.37 Å². The molecule has 0 amide bonds. The van der Waals surface area contributed by atoms with Gasteiger partial charge < -0.3 is 0 Å². The van der Waals surface area contributed by atoms with Crippen molar-refractivity contribution in [1.82, 2.24) is 4.37 Å². The van der Waals surface area contributed by atoms with Crippen molar-refractivity contribution in [3.8, 4) is 0 Å². The van der Waals surface area contributed by atoms with Crippen LogP contribution in [0.2, 0.25) is 0 Å². The average molecular weight is 181 g/mol. The van der Waals surface area contributed by atoms with Gasteiger partial charge in [0.05, 0.1) is 4.70 Å². The molecule has 0 fully saturated rings. The largest absolute Gasteiger partial charge is 0.284 e. The molecule has 0 radical (unpaired) electrons. The second kappa shape index (κ2) is 2.64. The van der Waals surface area contributed by atoms with E-state index >= 15 is 0 Å². The lowest BCUT2D eigenvalue weighted by molar-refractivity contribution is 0.586. The van der Waals surface area contributed by atoms with Crippen LogP contribution in [0, 0.1) is 5.95 Å². The molecule has 2 rings (SSSR count). The molecule has 12 heavy (non-hydrogen) atoms. The Morgan fingerprint density at radius 3 is 2.92 bits per heavy atom. The van der Waals surface area contributed by atoms with E-state index in [-0.39, 0.29) is 0 Å². The summed E-state index contributed by atoms with van der Waals surface area (Å²) in [5.74, 6) is -0.918. The zero-order valence-corrected chi connectivity index (χ0v) is 6.77. The van der Waals surface area contributed by atoms with Gasteiger partial charge in [0.2, 0.25) is 5.43 Å². The Morgan fingerprint density at radius 2 is 2.08 bits per heavy atom.